The summed E-state index contributed by atoms with van der Waals surface area (Å²) in [5, 5.41) is 32.0. The second-order valence-corrected chi connectivity index (χ2v) is 8.94. The number of aliphatic hydroxyl groups excluding tert-OH is 3. The van der Waals surface area contributed by atoms with E-state index >= 15 is 0 Å². The van der Waals surface area contributed by atoms with Crippen LogP contribution >= 0.6 is 11.6 Å². The third kappa shape index (κ3) is 5.81. The molecule has 32 heavy (non-hydrogen) atoms. The fourth-order valence-electron chi connectivity index (χ4n) is 4.21. The zero-order valence-corrected chi connectivity index (χ0v) is 19.1. The fourth-order valence-corrected chi connectivity index (χ4v) is 4.42. The molecule has 0 radical (unpaired) electrons. The van der Waals surface area contributed by atoms with Crippen LogP contribution in [-0.2, 0) is 6.54 Å². The molecule has 1 saturated carbocycles. The van der Waals surface area contributed by atoms with Crippen LogP contribution in [0.5, 0.6) is 0 Å². The number of hydrogen-bond donors (Lipinski definition) is 4. The lowest BCUT2D eigenvalue weighted by molar-refractivity contribution is 0.0532. The van der Waals surface area contributed by atoms with Gasteiger partial charge in [-0.2, -0.15) is 0 Å². The molecule has 1 fully saturated rings. The number of benzene rings is 1. The number of halogens is 1. The first kappa shape index (κ1) is 24.5. The van der Waals surface area contributed by atoms with Crippen LogP contribution in [0.3, 0.4) is 0 Å². The maximum Gasteiger partial charge on any atom is 0.332 e. The Balaban J connectivity index is 1.79. The molecule has 1 aliphatic rings. The van der Waals surface area contributed by atoms with Crippen LogP contribution in [0.1, 0.15) is 61.0 Å². The number of amides is 1. The highest BCUT2D eigenvalue weighted by molar-refractivity contribution is 6.33. The highest BCUT2D eigenvalue weighted by atomic mass is 35.5. The van der Waals surface area contributed by atoms with Gasteiger partial charge in [-0.15, -0.1) is 0 Å². The summed E-state index contributed by atoms with van der Waals surface area (Å²) in [4.78, 5) is 25.7. The maximum absolute atomic E-state index is 12.9. The van der Waals surface area contributed by atoms with Crippen molar-refractivity contribution >= 4 is 17.5 Å². The van der Waals surface area contributed by atoms with Gasteiger partial charge in [-0.05, 0) is 44.4 Å². The van der Waals surface area contributed by atoms with Gasteiger partial charge in [0.05, 0.1) is 29.0 Å². The molecule has 0 spiro atoms. The average molecular weight is 466 g/mol. The SMILES string of the molecule is Cc1cn(-c2ccc(Cl)c(C(=O)NC(O)C3CCCCCC3)c2)c(=O)n1CCC(O)CO. The summed E-state index contributed by atoms with van der Waals surface area (Å²) >= 11 is 6.26. The summed E-state index contributed by atoms with van der Waals surface area (Å²) in [6.45, 7) is 1.67. The predicted molar refractivity (Wildman–Crippen MR) is 122 cm³/mol. The molecule has 9 heteroatoms. The maximum atomic E-state index is 12.9. The van der Waals surface area contributed by atoms with Crippen LogP contribution in [0.25, 0.3) is 5.69 Å². The Bertz CT molecular complexity index is 978. The molecule has 3 rings (SSSR count). The lowest BCUT2D eigenvalue weighted by atomic mass is 9.98. The van der Waals surface area contributed by atoms with Crippen molar-refractivity contribution < 1.29 is 20.1 Å². The van der Waals surface area contributed by atoms with Crippen molar-refractivity contribution in [3.8, 4) is 5.69 Å². The molecular weight excluding hydrogens is 434 g/mol. The number of aliphatic hydroxyl groups is 3. The Morgan fingerprint density at radius 3 is 2.56 bits per heavy atom. The lowest BCUT2D eigenvalue weighted by Crippen LogP contribution is -2.40. The van der Waals surface area contributed by atoms with E-state index in [1.165, 1.54) is 15.2 Å². The van der Waals surface area contributed by atoms with E-state index in [1.807, 2.05) is 0 Å². The molecule has 0 bridgehead atoms. The number of nitrogens with one attached hydrogen (secondary N) is 1. The topological polar surface area (TPSA) is 117 Å². The molecule has 2 atom stereocenters. The average Bonchev–Trinajstić information content (AvgIpc) is 2.95. The molecule has 176 valence electrons. The largest absolute Gasteiger partial charge is 0.394 e. The van der Waals surface area contributed by atoms with E-state index in [0.29, 0.717) is 11.4 Å². The Hall–Kier alpha value is -2.13. The number of carbonyl (C=O) groups excluding carboxylic acids is 1. The van der Waals surface area contributed by atoms with Crippen LogP contribution < -0.4 is 11.0 Å². The minimum absolute atomic E-state index is 0.0250. The molecule has 1 aliphatic carbocycles. The van der Waals surface area contributed by atoms with E-state index in [9.17, 15) is 19.8 Å². The van der Waals surface area contributed by atoms with Crippen molar-refractivity contribution in [2.75, 3.05) is 6.61 Å². The third-order valence-electron chi connectivity index (χ3n) is 6.17. The normalized spacial score (nSPS) is 17.0. The van der Waals surface area contributed by atoms with E-state index in [2.05, 4.69) is 5.32 Å². The van der Waals surface area contributed by atoms with Gasteiger partial charge in [0, 0.05) is 24.4 Å². The standard InChI is InChI=1S/C23H32ClN3O5/c1-15-13-27(23(32)26(15)11-10-18(29)14-28)17-8-9-20(24)19(12-17)22(31)25-21(30)16-6-4-2-3-5-7-16/h8-9,12-13,16,18,21,28-30H,2-7,10-11,14H2,1H3,(H,25,31). The molecule has 1 amide bonds. The highest BCUT2D eigenvalue weighted by Crippen LogP contribution is 2.26. The smallest absolute Gasteiger partial charge is 0.332 e. The molecule has 8 nitrogen and oxygen atoms in total. The third-order valence-corrected chi connectivity index (χ3v) is 6.50. The van der Waals surface area contributed by atoms with Gasteiger partial charge in [-0.3, -0.25) is 13.9 Å². The molecule has 1 aromatic heterocycles. The van der Waals surface area contributed by atoms with Crippen molar-refractivity contribution in [3.05, 3.63) is 51.2 Å². The first-order chi connectivity index (χ1) is 15.3. The van der Waals surface area contributed by atoms with E-state index in [1.54, 1.807) is 25.3 Å². The highest BCUT2D eigenvalue weighted by Gasteiger charge is 2.24. The zero-order valence-electron chi connectivity index (χ0n) is 18.3. The van der Waals surface area contributed by atoms with E-state index in [0.717, 1.165) is 38.5 Å². The van der Waals surface area contributed by atoms with Gasteiger partial charge in [0.2, 0.25) is 0 Å². The molecule has 0 aliphatic heterocycles. The summed E-state index contributed by atoms with van der Waals surface area (Å²) < 4.78 is 2.92. The van der Waals surface area contributed by atoms with Gasteiger partial charge in [0.25, 0.3) is 5.91 Å². The summed E-state index contributed by atoms with van der Waals surface area (Å²) in [6.07, 6.45) is 6.21. The monoisotopic (exact) mass is 465 g/mol. The van der Waals surface area contributed by atoms with Gasteiger partial charge >= 0.3 is 5.69 Å². The minimum atomic E-state index is -0.940. The molecule has 4 N–H and O–H groups in total. The Labute approximate surface area is 192 Å². The summed E-state index contributed by atoms with van der Waals surface area (Å²) in [5.41, 5.74) is 1.02. The second kappa shape index (κ2) is 11.1. The number of carbonyl (C=O) groups is 1. The van der Waals surface area contributed by atoms with E-state index in [-0.39, 0.29) is 41.8 Å². The number of aryl methyl sites for hydroxylation is 1. The number of hydrogen-bond acceptors (Lipinski definition) is 5. The molecular formula is C23H32ClN3O5. The van der Waals surface area contributed by atoms with Gasteiger partial charge in [0.15, 0.2) is 0 Å². The van der Waals surface area contributed by atoms with Gasteiger partial charge in [0.1, 0.15) is 6.23 Å². The first-order valence-electron chi connectivity index (χ1n) is 11.2. The molecule has 1 aromatic carbocycles. The number of imidazole rings is 1. The van der Waals surface area contributed by atoms with Crippen molar-refractivity contribution in [2.45, 2.75) is 70.7 Å². The molecule has 0 saturated heterocycles. The molecule has 2 unspecified atom stereocenters. The summed E-state index contributed by atoms with van der Waals surface area (Å²) in [5.74, 6) is -0.458. The van der Waals surface area contributed by atoms with Crippen molar-refractivity contribution in [1.82, 2.24) is 14.5 Å². The Kier molecular flexibility index (Phi) is 8.53. The van der Waals surface area contributed by atoms with Crippen LogP contribution in [0.15, 0.2) is 29.2 Å². The minimum Gasteiger partial charge on any atom is -0.394 e. The predicted octanol–water partition coefficient (Wildman–Crippen LogP) is 2.36. The van der Waals surface area contributed by atoms with Crippen LogP contribution in [0, 0.1) is 12.8 Å². The summed E-state index contributed by atoms with van der Waals surface area (Å²) in [6, 6.07) is 4.73. The van der Waals surface area contributed by atoms with Crippen LogP contribution in [0.2, 0.25) is 5.02 Å². The zero-order chi connectivity index (χ0) is 23.3. The van der Waals surface area contributed by atoms with E-state index < -0.39 is 18.2 Å². The number of rotatable bonds is 8. The molecule has 2 aromatic rings. The number of nitrogens with zero attached hydrogens (tertiary/aromatic N) is 2. The van der Waals surface area contributed by atoms with Crippen molar-refractivity contribution in [1.29, 1.82) is 0 Å². The van der Waals surface area contributed by atoms with Gasteiger partial charge in [-0.25, -0.2) is 4.79 Å². The quantitative estimate of drug-likeness (QED) is 0.352. The number of aromatic nitrogens is 2. The second-order valence-electron chi connectivity index (χ2n) is 8.53. The van der Waals surface area contributed by atoms with Crippen LogP contribution in [0.4, 0.5) is 0 Å². The molecule has 1 heterocycles. The lowest BCUT2D eigenvalue weighted by Gasteiger charge is -2.22. The van der Waals surface area contributed by atoms with Crippen molar-refractivity contribution in [3.63, 3.8) is 0 Å². The Morgan fingerprint density at radius 1 is 1.22 bits per heavy atom. The van der Waals surface area contributed by atoms with Gasteiger partial charge < -0.3 is 20.6 Å². The van der Waals surface area contributed by atoms with Gasteiger partial charge in [-0.1, -0.05) is 37.3 Å². The van der Waals surface area contributed by atoms with E-state index in [4.69, 9.17) is 16.7 Å². The van der Waals surface area contributed by atoms with Crippen LogP contribution in [-0.4, -0.2) is 49.3 Å². The fraction of sp³-hybridized carbons (Fsp3) is 0.565. The summed E-state index contributed by atoms with van der Waals surface area (Å²) in [7, 11) is 0. The Morgan fingerprint density at radius 2 is 1.91 bits per heavy atom. The van der Waals surface area contributed by atoms with Crippen molar-refractivity contribution in [2.24, 2.45) is 5.92 Å². The first-order valence-corrected chi connectivity index (χ1v) is 11.6.